The van der Waals surface area contributed by atoms with Gasteiger partial charge in [0.05, 0.1) is 0 Å². The minimum absolute atomic E-state index is 0. The lowest BCUT2D eigenvalue weighted by Gasteiger charge is -2.28. The molecule has 1 aromatic rings. The van der Waals surface area contributed by atoms with Crippen molar-refractivity contribution in [3.05, 3.63) is 29.6 Å². The van der Waals surface area contributed by atoms with Crippen LogP contribution in [0, 0.1) is 12.7 Å². The summed E-state index contributed by atoms with van der Waals surface area (Å²) in [7, 11) is -3.78. The fourth-order valence-corrected chi connectivity index (χ4v) is 3.69. The quantitative estimate of drug-likeness (QED) is 0.894. The molecule has 0 saturated carbocycles. The Morgan fingerprint density at radius 2 is 2.10 bits per heavy atom. The lowest BCUT2D eigenvalue weighted by Crippen LogP contribution is -2.46. The molecule has 0 spiro atoms. The van der Waals surface area contributed by atoms with Gasteiger partial charge < -0.3 is 5.32 Å². The fourth-order valence-electron chi connectivity index (χ4n) is 2.35. The predicted molar refractivity (Wildman–Crippen MR) is 79.2 cm³/mol. The molecule has 0 aliphatic carbocycles. The third kappa shape index (κ3) is 4.15. The zero-order valence-electron chi connectivity index (χ0n) is 11.5. The Morgan fingerprint density at radius 3 is 2.70 bits per heavy atom. The van der Waals surface area contributed by atoms with Crippen LogP contribution in [0.1, 0.15) is 25.3 Å². The SMILES string of the molecule is Cc1ccc(S(=O)(=O)NC2CCNC(C)C2)c(F)c1.Cl. The Bertz CT molecular complexity index is 565. The van der Waals surface area contributed by atoms with Gasteiger partial charge in [-0.2, -0.15) is 0 Å². The smallest absolute Gasteiger partial charge is 0.243 e. The summed E-state index contributed by atoms with van der Waals surface area (Å²) in [5.74, 6) is -0.700. The number of benzene rings is 1. The van der Waals surface area contributed by atoms with E-state index >= 15 is 0 Å². The van der Waals surface area contributed by atoms with Crippen molar-refractivity contribution in [2.45, 2.75) is 43.7 Å². The van der Waals surface area contributed by atoms with Crippen molar-refractivity contribution in [3.63, 3.8) is 0 Å². The van der Waals surface area contributed by atoms with Crippen molar-refractivity contribution in [2.24, 2.45) is 0 Å². The number of hydrogen-bond acceptors (Lipinski definition) is 3. The normalized spacial score (nSPS) is 23.1. The molecule has 0 amide bonds. The molecule has 0 bridgehead atoms. The van der Waals surface area contributed by atoms with E-state index in [0.717, 1.165) is 13.0 Å². The largest absolute Gasteiger partial charge is 0.314 e. The van der Waals surface area contributed by atoms with Crippen LogP contribution < -0.4 is 10.0 Å². The van der Waals surface area contributed by atoms with E-state index in [1.54, 1.807) is 13.0 Å². The lowest BCUT2D eigenvalue weighted by molar-refractivity contribution is 0.361. The summed E-state index contributed by atoms with van der Waals surface area (Å²) in [6.07, 6.45) is 1.43. The summed E-state index contributed by atoms with van der Waals surface area (Å²) in [5, 5.41) is 3.25. The van der Waals surface area contributed by atoms with Gasteiger partial charge in [-0.25, -0.2) is 17.5 Å². The van der Waals surface area contributed by atoms with Gasteiger partial charge in [-0.3, -0.25) is 0 Å². The molecule has 2 N–H and O–H groups in total. The summed E-state index contributed by atoms with van der Waals surface area (Å²) in [5.41, 5.74) is 0.701. The number of halogens is 2. The zero-order chi connectivity index (χ0) is 14.0. The molecule has 1 fully saturated rings. The van der Waals surface area contributed by atoms with Crippen molar-refractivity contribution < 1.29 is 12.8 Å². The third-order valence-electron chi connectivity index (χ3n) is 3.32. The Morgan fingerprint density at radius 1 is 1.40 bits per heavy atom. The summed E-state index contributed by atoms with van der Waals surface area (Å²) >= 11 is 0. The first-order valence-electron chi connectivity index (χ1n) is 6.40. The number of hydrogen-bond donors (Lipinski definition) is 2. The molecule has 114 valence electrons. The maximum Gasteiger partial charge on any atom is 0.243 e. The van der Waals surface area contributed by atoms with E-state index in [2.05, 4.69) is 10.0 Å². The van der Waals surface area contributed by atoms with Gasteiger partial charge >= 0.3 is 0 Å². The summed E-state index contributed by atoms with van der Waals surface area (Å²) in [6.45, 7) is 4.50. The first-order valence-corrected chi connectivity index (χ1v) is 7.88. The lowest BCUT2D eigenvalue weighted by atomic mass is 10.0. The molecule has 1 heterocycles. The minimum atomic E-state index is -3.78. The molecule has 2 unspecified atom stereocenters. The molecule has 1 aliphatic rings. The molecule has 2 rings (SSSR count). The molecule has 1 saturated heterocycles. The van der Waals surface area contributed by atoms with E-state index in [0.29, 0.717) is 12.0 Å². The molecule has 20 heavy (non-hydrogen) atoms. The van der Waals surface area contributed by atoms with Crippen molar-refractivity contribution in [1.82, 2.24) is 10.0 Å². The second-order valence-corrected chi connectivity index (χ2v) is 6.81. The number of sulfonamides is 1. The molecule has 2 atom stereocenters. The molecule has 7 heteroatoms. The van der Waals surface area contributed by atoms with E-state index in [-0.39, 0.29) is 29.4 Å². The Hall–Kier alpha value is -0.690. The van der Waals surface area contributed by atoms with Gasteiger partial charge in [0.25, 0.3) is 0 Å². The Balaban J connectivity index is 0.00000200. The summed E-state index contributed by atoms with van der Waals surface area (Å²) < 4.78 is 40.7. The van der Waals surface area contributed by atoms with Crippen LogP contribution in [-0.4, -0.2) is 27.0 Å². The summed E-state index contributed by atoms with van der Waals surface area (Å²) in [4.78, 5) is -0.274. The van der Waals surface area contributed by atoms with Crippen LogP contribution in [0.2, 0.25) is 0 Å². The number of nitrogens with one attached hydrogen (secondary N) is 2. The molecule has 4 nitrogen and oxygen atoms in total. The monoisotopic (exact) mass is 322 g/mol. The van der Waals surface area contributed by atoms with Crippen molar-refractivity contribution in [2.75, 3.05) is 6.54 Å². The molecule has 0 radical (unpaired) electrons. The average molecular weight is 323 g/mol. The van der Waals surface area contributed by atoms with Crippen LogP contribution in [0.25, 0.3) is 0 Å². The Kier molecular flexibility index (Phi) is 5.94. The average Bonchev–Trinajstić information content (AvgIpc) is 2.27. The second kappa shape index (κ2) is 6.85. The van der Waals surface area contributed by atoms with Gasteiger partial charge in [-0.1, -0.05) is 6.07 Å². The third-order valence-corrected chi connectivity index (χ3v) is 4.88. The topological polar surface area (TPSA) is 58.2 Å². The van der Waals surface area contributed by atoms with Crippen molar-refractivity contribution in [3.8, 4) is 0 Å². The van der Waals surface area contributed by atoms with E-state index in [1.807, 2.05) is 6.92 Å². The minimum Gasteiger partial charge on any atom is -0.314 e. The second-order valence-electron chi connectivity index (χ2n) is 5.13. The maximum absolute atomic E-state index is 13.7. The van der Waals surface area contributed by atoms with Crippen molar-refractivity contribution in [1.29, 1.82) is 0 Å². The number of rotatable bonds is 3. The van der Waals surface area contributed by atoms with Gasteiger partial charge in [0.2, 0.25) is 10.0 Å². The van der Waals surface area contributed by atoms with Crippen LogP contribution in [0.4, 0.5) is 4.39 Å². The highest BCUT2D eigenvalue weighted by Gasteiger charge is 2.26. The van der Waals surface area contributed by atoms with Crippen LogP contribution in [-0.2, 0) is 10.0 Å². The van der Waals surface area contributed by atoms with Gasteiger partial charge in [-0.15, -0.1) is 12.4 Å². The van der Waals surface area contributed by atoms with Gasteiger partial charge in [0.1, 0.15) is 10.7 Å². The highest BCUT2D eigenvalue weighted by atomic mass is 35.5. The zero-order valence-corrected chi connectivity index (χ0v) is 13.2. The van der Waals surface area contributed by atoms with Crippen molar-refractivity contribution >= 4 is 22.4 Å². The van der Waals surface area contributed by atoms with Crippen LogP contribution in [0.15, 0.2) is 23.1 Å². The van der Waals surface area contributed by atoms with Crippen LogP contribution in [0.5, 0.6) is 0 Å². The standard InChI is InChI=1S/C13H19FN2O2S.ClH/c1-9-3-4-13(12(14)7-9)19(17,18)16-11-5-6-15-10(2)8-11;/h3-4,7,10-11,15-16H,5-6,8H2,1-2H3;1H. The number of piperidine rings is 1. The Labute approximate surface area is 125 Å². The van der Waals surface area contributed by atoms with E-state index in [1.165, 1.54) is 12.1 Å². The van der Waals surface area contributed by atoms with E-state index < -0.39 is 15.8 Å². The van der Waals surface area contributed by atoms with Crippen LogP contribution in [0.3, 0.4) is 0 Å². The van der Waals surface area contributed by atoms with E-state index in [9.17, 15) is 12.8 Å². The molecule has 0 aromatic heterocycles. The van der Waals surface area contributed by atoms with Gasteiger partial charge in [0.15, 0.2) is 0 Å². The van der Waals surface area contributed by atoms with Gasteiger partial charge in [-0.05, 0) is 50.9 Å². The highest BCUT2D eigenvalue weighted by molar-refractivity contribution is 7.89. The molecule has 1 aromatic carbocycles. The maximum atomic E-state index is 13.7. The van der Waals surface area contributed by atoms with E-state index in [4.69, 9.17) is 0 Å². The highest BCUT2D eigenvalue weighted by Crippen LogP contribution is 2.18. The molecular formula is C13H20ClFN2O2S. The first kappa shape index (κ1) is 17.4. The summed E-state index contributed by atoms with van der Waals surface area (Å²) in [6, 6.07) is 4.28. The first-order chi connectivity index (χ1) is 8.88. The molecule has 1 aliphatic heterocycles. The molecular weight excluding hydrogens is 303 g/mol. The predicted octanol–water partition coefficient (Wildman–Crippen LogP) is 1.97. The number of aryl methyl sites for hydroxylation is 1. The fraction of sp³-hybridized carbons (Fsp3) is 0.538. The van der Waals surface area contributed by atoms with Crippen LogP contribution >= 0.6 is 12.4 Å². The van der Waals surface area contributed by atoms with Gasteiger partial charge in [0, 0.05) is 12.1 Å².